The summed E-state index contributed by atoms with van der Waals surface area (Å²) in [5.41, 5.74) is 2.38. The fourth-order valence-electron chi connectivity index (χ4n) is 3.73. The number of nitrogens with zero attached hydrogens (tertiary/aromatic N) is 5. The van der Waals surface area contributed by atoms with Crippen molar-refractivity contribution in [1.82, 2.24) is 14.9 Å². The van der Waals surface area contributed by atoms with Gasteiger partial charge in [0.2, 0.25) is 6.10 Å². The molecule has 1 amide bonds. The lowest BCUT2D eigenvalue weighted by Crippen LogP contribution is -2.51. The molecule has 8 heteroatoms. The van der Waals surface area contributed by atoms with Gasteiger partial charge in [-0.05, 0) is 25.0 Å². The largest absolute Gasteiger partial charge is 0.507 e. The predicted octanol–water partition coefficient (Wildman–Crippen LogP) is 2.61. The molecule has 1 aromatic heterocycles. The molecule has 1 fully saturated rings. The highest BCUT2D eigenvalue weighted by Gasteiger charge is 2.34. The molecule has 1 saturated heterocycles. The number of hydrogen-bond donors (Lipinski definition) is 1. The predicted molar refractivity (Wildman–Crippen MR) is 114 cm³/mol. The fourth-order valence-corrected chi connectivity index (χ4v) is 3.73. The molecule has 4 rings (SSSR count). The Morgan fingerprint density at radius 3 is 2.57 bits per heavy atom. The van der Waals surface area contributed by atoms with Crippen LogP contribution in [0.2, 0.25) is 0 Å². The lowest BCUT2D eigenvalue weighted by Gasteiger charge is -2.36. The van der Waals surface area contributed by atoms with Gasteiger partial charge in [-0.15, -0.1) is 0 Å². The molecule has 0 bridgehead atoms. The fraction of sp³-hybridized carbons (Fsp3) is 0.455. The van der Waals surface area contributed by atoms with Crippen LogP contribution in [-0.4, -0.2) is 63.9 Å². The van der Waals surface area contributed by atoms with Gasteiger partial charge in [-0.3, -0.25) is 4.79 Å². The van der Waals surface area contributed by atoms with E-state index in [1.807, 2.05) is 24.0 Å². The number of phenols is 1. The van der Waals surface area contributed by atoms with Crippen LogP contribution in [0.15, 0.2) is 35.5 Å². The van der Waals surface area contributed by atoms with Crippen molar-refractivity contribution in [2.45, 2.75) is 33.3 Å². The van der Waals surface area contributed by atoms with E-state index in [0.29, 0.717) is 49.9 Å². The van der Waals surface area contributed by atoms with Crippen LogP contribution in [0.5, 0.6) is 5.75 Å². The summed E-state index contributed by atoms with van der Waals surface area (Å²) in [6.45, 7) is 8.58. The van der Waals surface area contributed by atoms with Crippen LogP contribution in [0.25, 0.3) is 11.4 Å². The van der Waals surface area contributed by atoms with E-state index >= 15 is 0 Å². The number of hydrogen-bond acceptors (Lipinski definition) is 7. The van der Waals surface area contributed by atoms with Gasteiger partial charge in [0.25, 0.3) is 5.91 Å². The van der Waals surface area contributed by atoms with Crippen molar-refractivity contribution in [3.8, 4) is 17.1 Å². The first kappa shape index (κ1) is 20.1. The average Bonchev–Trinajstić information content (AvgIpc) is 3.24. The number of carbonyl (C=O) groups is 1. The normalized spacial score (nSPS) is 19.1. The topological polar surface area (TPSA) is 91.2 Å². The average molecular weight is 409 g/mol. The molecule has 3 heterocycles. The van der Waals surface area contributed by atoms with Gasteiger partial charge in [-0.25, -0.2) is 9.97 Å². The number of anilines is 1. The molecule has 30 heavy (non-hydrogen) atoms. The maximum absolute atomic E-state index is 12.8. The third-order valence-electron chi connectivity index (χ3n) is 5.53. The minimum atomic E-state index is -0.497. The summed E-state index contributed by atoms with van der Waals surface area (Å²) in [7, 11) is 0. The number of benzene rings is 1. The molecule has 2 aromatic rings. The molecule has 1 unspecified atom stereocenters. The van der Waals surface area contributed by atoms with E-state index in [2.05, 4.69) is 33.9 Å². The number of phenolic OH excluding ortho intramolecular Hbond substituents is 1. The minimum Gasteiger partial charge on any atom is -0.507 e. The number of aryl methyl sites for hydroxylation is 1. The molecule has 158 valence electrons. The summed E-state index contributed by atoms with van der Waals surface area (Å²) in [5.74, 6) is 1.75. The molecule has 0 radical (unpaired) electrons. The number of para-hydroxylation sites is 1. The summed E-state index contributed by atoms with van der Waals surface area (Å²) < 4.78 is 0. The highest BCUT2D eigenvalue weighted by Crippen LogP contribution is 2.28. The monoisotopic (exact) mass is 409 g/mol. The van der Waals surface area contributed by atoms with Gasteiger partial charge in [-0.2, -0.15) is 0 Å². The smallest absolute Gasteiger partial charge is 0.267 e. The maximum Gasteiger partial charge on any atom is 0.267 e. The first-order chi connectivity index (χ1) is 14.4. The number of amides is 1. The van der Waals surface area contributed by atoms with Crippen molar-refractivity contribution in [3.05, 3.63) is 36.0 Å². The van der Waals surface area contributed by atoms with Crippen molar-refractivity contribution >= 4 is 17.4 Å². The maximum atomic E-state index is 12.8. The third kappa shape index (κ3) is 4.08. The first-order valence-electron chi connectivity index (χ1n) is 10.3. The van der Waals surface area contributed by atoms with Gasteiger partial charge in [0.15, 0.2) is 5.82 Å². The zero-order chi connectivity index (χ0) is 21.3. The summed E-state index contributed by atoms with van der Waals surface area (Å²) in [6.07, 6.45) is 0.0778. The number of carbonyl (C=O) groups excluding carboxylic acids is 1. The molecule has 2 aliphatic heterocycles. The minimum absolute atomic E-state index is 0.00261. The zero-order valence-electron chi connectivity index (χ0n) is 17.6. The van der Waals surface area contributed by atoms with Gasteiger partial charge in [-0.1, -0.05) is 31.1 Å². The molecule has 8 nitrogen and oxygen atoms in total. The molecule has 1 aromatic carbocycles. The van der Waals surface area contributed by atoms with Crippen LogP contribution < -0.4 is 4.90 Å². The lowest BCUT2D eigenvalue weighted by molar-refractivity contribution is -0.142. The Morgan fingerprint density at radius 1 is 1.17 bits per heavy atom. The van der Waals surface area contributed by atoms with Crippen molar-refractivity contribution in [1.29, 1.82) is 0 Å². The van der Waals surface area contributed by atoms with Crippen molar-refractivity contribution < 1.29 is 14.7 Å². The summed E-state index contributed by atoms with van der Waals surface area (Å²) in [4.78, 5) is 31.3. The van der Waals surface area contributed by atoms with Crippen molar-refractivity contribution in [2.75, 3.05) is 31.1 Å². The molecular weight excluding hydrogens is 382 g/mol. The number of rotatable bonds is 4. The zero-order valence-corrected chi connectivity index (χ0v) is 17.6. The summed E-state index contributed by atoms with van der Waals surface area (Å²) in [6, 6.07) is 8.99. The Kier molecular flexibility index (Phi) is 5.57. The Labute approximate surface area is 176 Å². The van der Waals surface area contributed by atoms with Crippen LogP contribution in [-0.2, 0) is 9.63 Å². The van der Waals surface area contributed by atoms with E-state index in [4.69, 9.17) is 4.84 Å². The molecule has 2 aliphatic rings. The third-order valence-corrected chi connectivity index (χ3v) is 5.53. The van der Waals surface area contributed by atoms with E-state index in [0.717, 1.165) is 17.2 Å². The van der Waals surface area contributed by atoms with E-state index in [1.54, 1.807) is 18.2 Å². The summed E-state index contributed by atoms with van der Waals surface area (Å²) in [5, 5.41) is 14.2. The molecule has 0 saturated carbocycles. The Hall–Kier alpha value is -3.16. The van der Waals surface area contributed by atoms with Gasteiger partial charge in [0.1, 0.15) is 11.6 Å². The Bertz CT molecular complexity index is 967. The molecule has 0 spiro atoms. The van der Waals surface area contributed by atoms with Gasteiger partial charge < -0.3 is 19.7 Å². The second-order valence-electron chi connectivity index (χ2n) is 8.06. The summed E-state index contributed by atoms with van der Waals surface area (Å²) >= 11 is 0. The van der Waals surface area contributed by atoms with Gasteiger partial charge in [0, 0.05) is 44.4 Å². The quantitative estimate of drug-likeness (QED) is 0.835. The molecule has 0 aliphatic carbocycles. The molecule has 1 N–H and O–H groups in total. The number of aromatic hydroxyl groups is 1. The first-order valence-corrected chi connectivity index (χ1v) is 10.3. The number of piperazine rings is 1. The Balaban J connectivity index is 1.42. The number of oxime groups is 1. The van der Waals surface area contributed by atoms with Crippen LogP contribution in [0.4, 0.5) is 5.82 Å². The van der Waals surface area contributed by atoms with E-state index in [-0.39, 0.29) is 11.7 Å². The standard InChI is InChI=1S/C22H27N5O3/c1-14(2)17-13-19(30-25-17)22(29)27-10-8-26(9-11-27)20-12-15(3)23-21(24-20)16-6-4-5-7-18(16)28/h4-7,12,14,19,28H,8-11,13H2,1-3H3. The van der Waals surface area contributed by atoms with Crippen molar-refractivity contribution in [3.63, 3.8) is 0 Å². The number of aromatic nitrogens is 2. The lowest BCUT2D eigenvalue weighted by atomic mass is 10.0. The molecular formula is C22H27N5O3. The van der Waals surface area contributed by atoms with Crippen molar-refractivity contribution in [2.24, 2.45) is 11.1 Å². The SMILES string of the molecule is Cc1cc(N2CCN(C(=O)C3CC(C(C)C)=NO3)CC2)nc(-c2ccccc2O)n1. The highest BCUT2D eigenvalue weighted by molar-refractivity contribution is 5.93. The second-order valence-corrected chi connectivity index (χ2v) is 8.06. The van der Waals surface area contributed by atoms with Gasteiger partial charge >= 0.3 is 0 Å². The van der Waals surface area contributed by atoms with Gasteiger partial charge in [0.05, 0.1) is 11.3 Å². The van der Waals surface area contributed by atoms with Crippen LogP contribution >= 0.6 is 0 Å². The molecule has 1 atom stereocenters. The van der Waals surface area contributed by atoms with Crippen LogP contribution in [0.1, 0.15) is 26.0 Å². The van der Waals surface area contributed by atoms with Crippen LogP contribution in [0, 0.1) is 12.8 Å². The van der Waals surface area contributed by atoms with E-state index < -0.39 is 6.10 Å². The second kappa shape index (κ2) is 8.30. The highest BCUT2D eigenvalue weighted by atomic mass is 16.6. The van der Waals surface area contributed by atoms with E-state index in [1.165, 1.54) is 0 Å². The van der Waals surface area contributed by atoms with E-state index in [9.17, 15) is 9.90 Å². The Morgan fingerprint density at radius 2 is 1.90 bits per heavy atom. The van der Waals surface area contributed by atoms with Crippen LogP contribution in [0.3, 0.4) is 0 Å².